The van der Waals surface area contributed by atoms with Crippen LogP contribution < -0.4 is 0 Å². The van der Waals surface area contributed by atoms with Crippen molar-refractivity contribution < 1.29 is 28.0 Å². The van der Waals surface area contributed by atoms with Gasteiger partial charge in [-0.15, -0.1) is 0 Å². The van der Waals surface area contributed by atoms with Crippen LogP contribution in [0, 0.1) is 0 Å². The molecule has 84 valence electrons. The van der Waals surface area contributed by atoms with Crippen molar-refractivity contribution in [2.45, 2.75) is 0 Å². The quantitative estimate of drug-likeness (QED) is 0.504. The van der Waals surface area contributed by atoms with Crippen molar-refractivity contribution in [2.75, 3.05) is 34.6 Å². The predicted molar refractivity (Wildman–Crippen MR) is 48.5 cm³/mol. The van der Waals surface area contributed by atoms with Crippen LogP contribution in [0.1, 0.15) is 0 Å². The predicted octanol–water partition coefficient (Wildman–Crippen LogP) is -0.0549. The molecule has 1 amide bonds. The molecule has 0 aliphatic heterocycles. The summed E-state index contributed by atoms with van der Waals surface area (Å²) in [5.74, 6) is 0. The SMILES string of the molecule is CO[Si](CON(C)C(=O)O)(OC)OC. The Morgan fingerprint density at radius 1 is 1.29 bits per heavy atom. The van der Waals surface area contributed by atoms with E-state index in [-0.39, 0.29) is 6.23 Å². The Morgan fingerprint density at radius 3 is 2.00 bits per heavy atom. The maximum Gasteiger partial charge on any atom is 0.530 e. The first-order valence-electron chi connectivity index (χ1n) is 3.76. The molecule has 0 aromatic carbocycles. The van der Waals surface area contributed by atoms with Crippen molar-refractivity contribution in [2.24, 2.45) is 0 Å². The zero-order valence-corrected chi connectivity index (χ0v) is 9.64. The minimum absolute atomic E-state index is 0.0562. The number of amides is 1. The molecule has 0 rings (SSSR count). The van der Waals surface area contributed by atoms with Crippen LogP contribution in [-0.4, -0.2) is 59.7 Å². The Morgan fingerprint density at radius 2 is 1.71 bits per heavy atom. The molecule has 1 N–H and O–H groups in total. The van der Waals surface area contributed by atoms with Crippen molar-refractivity contribution in [3.05, 3.63) is 0 Å². The van der Waals surface area contributed by atoms with Crippen LogP contribution in [-0.2, 0) is 18.1 Å². The molecular weight excluding hydrogens is 210 g/mol. The Labute approximate surface area is 83.4 Å². The molecule has 0 radical (unpaired) electrons. The first-order chi connectivity index (χ1) is 6.51. The maximum absolute atomic E-state index is 10.4. The fraction of sp³-hybridized carbons (Fsp3) is 0.833. The van der Waals surface area contributed by atoms with E-state index in [4.69, 9.17) is 23.2 Å². The third-order valence-electron chi connectivity index (χ3n) is 1.64. The highest BCUT2D eigenvalue weighted by molar-refractivity contribution is 6.60. The van der Waals surface area contributed by atoms with E-state index in [0.717, 1.165) is 0 Å². The van der Waals surface area contributed by atoms with Crippen molar-refractivity contribution in [3.63, 3.8) is 0 Å². The van der Waals surface area contributed by atoms with Gasteiger partial charge in [0.05, 0.1) is 0 Å². The Balaban J connectivity index is 4.12. The number of carbonyl (C=O) groups is 1. The summed E-state index contributed by atoms with van der Waals surface area (Å²) < 4.78 is 15.0. The zero-order chi connectivity index (χ0) is 11.2. The topological polar surface area (TPSA) is 77.5 Å². The molecule has 0 saturated carbocycles. The zero-order valence-electron chi connectivity index (χ0n) is 8.64. The monoisotopic (exact) mass is 225 g/mol. The van der Waals surface area contributed by atoms with Gasteiger partial charge in [-0.05, 0) is 0 Å². The fourth-order valence-electron chi connectivity index (χ4n) is 0.658. The molecule has 7 nitrogen and oxygen atoms in total. The molecule has 0 fully saturated rings. The molecule has 0 spiro atoms. The van der Waals surface area contributed by atoms with Gasteiger partial charge in [-0.1, -0.05) is 0 Å². The van der Waals surface area contributed by atoms with Crippen LogP contribution in [0.2, 0.25) is 0 Å². The Bertz CT molecular complexity index is 177. The summed E-state index contributed by atoms with van der Waals surface area (Å²) in [6.45, 7) is 0. The van der Waals surface area contributed by atoms with E-state index < -0.39 is 14.9 Å². The van der Waals surface area contributed by atoms with Gasteiger partial charge in [0.1, 0.15) is 6.23 Å². The van der Waals surface area contributed by atoms with E-state index in [1.54, 1.807) is 0 Å². The highest BCUT2D eigenvalue weighted by Gasteiger charge is 2.39. The third kappa shape index (κ3) is 3.60. The second-order valence-electron chi connectivity index (χ2n) is 2.35. The van der Waals surface area contributed by atoms with Gasteiger partial charge >= 0.3 is 14.9 Å². The van der Waals surface area contributed by atoms with Gasteiger partial charge in [0.25, 0.3) is 0 Å². The summed E-state index contributed by atoms with van der Waals surface area (Å²) >= 11 is 0. The van der Waals surface area contributed by atoms with Gasteiger partial charge in [-0.25, -0.2) is 4.79 Å². The first-order valence-corrected chi connectivity index (χ1v) is 5.69. The highest BCUT2D eigenvalue weighted by Crippen LogP contribution is 2.06. The maximum atomic E-state index is 10.4. The molecule has 0 saturated heterocycles. The number of nitrogens with zero attached hydrogens (tertiary/aromatic N) is 1. The second-order valence-corrected chi connectivity index (χ2v) is 5.23. The number of hydrogen-bond acceptors (Lipinski definition) is 5. The molecule has 8 heteroatoms. The molecule has 0 aliphatic rings. The van der Waals surface area contributed by atoms with Crippen molar-refractivity contribution >= 4 is 14.9 Å². The van der Waals surface area contributed by atoms with Crippen LogP contribution in [0.5, 0.6) is 0 Å². The van der Waals surface area contributed by atoms with E-state index in [1.165, 1.54) is 28.4 Å². The van der Waals surface area contributed by atoms with Crippen LogP contribution >= 0.6 is 0 Å². The molecule has 0 heterocycles. The molecule has 0 aromatic heterocycles. The Kier molecular flexibility index (Phi) is 5.65. The minimum Gasteiger partial charge on any atom is -0.463 e. The molecular formula is C6H15NO6Si. The van der Waals surface area contributed by atoms with Crippen LogP contribution in [0.4, 0.5) is 4.79 Å². The summed E-state index contributed by atoms with van der Waals surface area (Å²) in [5, 5.41) is 9.16. The van der Waals surface area contributed by atoms with Gasteiger partial charge in [0, 0.05) is 28.4 Å². The lowest BCUT2D eigenvalue weighted by Gasteiger charge is -2.25. The van der Waals surface area contributed by atoms with Gasteiger partial charge in [-0.2, -0.15) is 5.06 Å². The standard InChI is InChI=1S/C6H15NO6Si/c1-7(6(8)9)13-5-14(10-2,11-3)12-4/h5H2,1-4H3,(H,8,9). The minimum atomic E-state index is -2.85. The molecule has 0 aromatic rings. The molecule has 0 bridgehead atoms. The van der Waals surface area contributed by atoms with Crippen LogP contribution in [0.3, 0.4) is 0 Å². The largest absolute Gasteiger partial charge is 0.530 e. The Hall–Kier alpha value is -0.673. The van der Waals surface area contributed by atoms with Gasteiger partial charge in [0.15, 0.2) is 0 Å². The fourth-order valence-corrected chi connectivity index (χ4v) is 1.86. The average Bonchev–Trinajstić information content (AvgIpc) is 2.20. The summed E-state index contributed by atoms with van der Waals surface area (Å²) in [6.07, 6.45) is -1.25. The van der Waals surface area contributed by atoms with Crippen LogP contribution in [0.15, 0.2) is 0 Å². The second kappa shape index (κ2) is 5.93. The third-order valence-corrected chi connectivity index (χ3v) is 3.99. The van der Waals surface area contributed by atoms with Crippen molar-refractivity contribution in [3.8, 4) is 0 Å². The van der Waals surface area contributed by atoms with Crippen molar-refractivity contribution in [1.29, 1.82) is 0 Å². The normalized spacial score (nSPS) is 11.4. The summed E-state index contributed by atoms with van der Waals surface area (Å²) in [6, 6.07) is 0. The highest BCUT2D eigenvalue weighted by atomic mass is 28.4. The summed E-state index contributed by atoms with van der Waals surface area (Å²) in [7, 11) is 2.67. The van der Waals surface area contributed by atoms with E-state index in [0.29, 0.717) is 5.06 Å². The number of hydrogen-bond donors (Lipinski definition) is 1. The van der Waals surface area contributed by atoms with E-state index in [2.05, 4.69) is 0 Å². The summed E-state index contributed by atoms with van der Waals surface area (Å²) in [5.41, 5.74) is 0. The lowest BCUT2D eigenvalue weighted by atomic mass is 11.1. The average molecular weight is 225 g/mol. The molecule has 14 heavy (non-hydrogen) atoms. The summed E-state index contributed by atoms with van der Waals surface area (Å²) in [4.78, 5) is 15.2. The van der Waals surface area contributed by atoms with Crippen LogP contribution in [0.25, 0.3) is 0 Å². The van der Waals surface area contributed by atoms with Gasteiger partial charge in [-0.3, -0.25) is 4.84 Å². The lowest BCUT2D eigenvalue weighted by Crippen LogP contribution is -2.50. The molecule has 0 atom stereocenters. The van der Waals surface area contributed by atoms with E-state index in [9.17, 15) is 4.79 Å². The number of carboxylic acid groups (broad SMARTS) is 1. The molecule has 0 aliphatic carbocycles. The van der Waals surface area contributed by atoms with Gasteiger partial charge < -0.3 is 18.4 Å². The van der Waals surface area contributed by atoms with E-state index in [1.807, 2.05) is 0 Å². The smallest absolute Gasteiger partial charge is 0.463 e. The number of rotatable bonds is 6. The molecule has 0 unspecified atom stereocenters. The first kappa shape index (κ1) is 13.3. The number of hydroxylamine groups is 2. The lowest BCUT2D eigenvalue weighted by molar-refractivity contribution is -0.110. The van der Waals surface area contributed by atoms with E-state index >= 15 is 0 Å². The van der Waals surface area contributed by atoms with Crippen molar-refractivity contribution in [1.82, 2.24) is 5.06 Å². The van der Waals surface area contributed by atoms with Gasteiger partial charge in [0.2, 0.25) is 0 Å².